The summed E-state index contributed by atoms with van der Waals surface area (Å²) in [5, 5.41) is 11.9. The summed E-state index contributed by atoms with van der Waals surface area (Å²) in [7, 11) is 0. The highest BCUT2D eigenvalue weighted by Gasteiger charge is 2.10. The Labute approximate surface area is 72.0 Å². The smallest absolute Gasteiger partial charge is 0.291 e. The molecular formula is C8H14N2O2. The zero-order valence-electron chi connectivity index (χ0n) is 7.42. The predicted molar refractivity (Wildman–Crippen MR) is 47.0 cm³/mol. The lowest BCUT2D eigenvalue weighted by Crippen LogP contribution is -2.30. The van der Waals surface area contributed by atoms with Gasteiger partial charge in [0.2, 0.25) is 0 Å². The maximum absolute atomic E-state index is 9.26. The summed E-state index contributed by atoms with van der Waals surface area (Å²) >= 11 is 0. The molecule has 0 unspecified atom stereocenters. The van der Waals surface area contributed by atoms with Crippen molar-refractivity contribution in [1.29, 1.82) is 0 Å². The van der Waals surface area contributed by atoms with E-state index in [9.17, 15) is 5.11 Å². The van der Waals surface area contributed by atoms with Crippen molar-refractivity contribution in [2.75, 3.05) is 13.2 Å². The third-order valence-corrected chi connectivity index (χ3v) is 1.53. The highest BCUT2D eigenvalue weighted by Crippen LogP contribution is 2.04. The third kappa shape index (κ3) is 2.15. The van der Waals surface area contributed by atoms with E-state index < -0.39 is 0 Å². The van der Waals surface area contributed by atoms with Crippen LogP contribution in [0.5, 0.6) is 0 Å². The Morgan fingerprint density at radius 3 is 3.00 bits per heavy atom. The summed E-state index contributed by atoms with van der Waals surface area (Å²) in [5.74, 6) is 0.163. The van der Waals surface area contributed by atoms with Gasteiger partial charge in [0.1, 0.15) is 0 Å². The van der Waals surface area contributed by atoms with E-state index in [1.54, 1.807) is 0 Å². The number of amidine groups is 1. The molecule has 0 aromatic carbocycles. The van der Waals surface area contributed by atoms with Gasteiger partial charge < -0.3 is 9.84 Å². The Hall–Kier alpha value is -1.19. The Balaban J connectivity index is 2.41. The molecule has 0 fully saturated rings. The van der Waals surface area contributed by atoms with Gasteiger partial charge in [-0.2, -0.15) is 0 Å². The van der Waals surface area contributed by atoms with Crippen LogP contribution < -0.4 is 5.32 Å². The van der Waals surface area contributed by atoms with Crippen molar-refractivity contribution in [3.63, 3.8) is 0 Å². The molecule has 0 bridgehead atoms. The van der Waals surface area contributed by atoms with Crippen molar-refractivity contribution in [1.82, 2.24) is 5.32 Å². The van der Waals surface area contributed by atoms with Crippen LogP contribution in [-0.2, 0) is 4.74 Å². The van der Waals surface area contributed by atoms with Crippen LogP contribution >= 0.6 is 0 Å². The highest BCUT2D eigenvalue weighted by molar-refractivity contribution is 5.76. The van der Waals surface area contributed by atoms with E-state index in [0.29, 0.717) is 19.2 Å². The van der Waals surface area contributed by atoms with Crippen LogP contribution in [-0.4, -0.2) is 24.3 Å². The minimum Gasteiger partial charge on any atom is -0.494 e. The largest absolute Gasteiger partial charge is 0.494 e. The molecule has 4 nitrogen and oxygen atoms in total. The van der Waals surface area contributed by atoms with Crippen LogP contribution in [0, 0.1) is 0 Å². The lowest BCUT2D eigenvalue weighted by Gasteiger charge is -2.15. The number of ether oxygens (including phenoxy) is 1. The number of rotatable bonds is 2. The molecule has 2 N–H and O–H groups in total. The normalized spacial score (nSPS) is 17.0. The fraction of sp³-hybridized carbons (Fsp3) is 0.625. The number of hydrogen-bond acceptors (Lipinski definition) is 4. The van der Waals surface area contributed by atoms with Crippen LogP contribution in [0.2, 0.25) is 0 Å². The van der Waals surface area contributed by atoms with E-state index in [0.717, 1.165) is 12.0 Å². The lowest BCUT2D eigenvalue weighted by atomic mass is 10.3. The van der Waals surface area contributed by atoms with Crippen LogP contribution in [0.1, 0.15) is 20.3 Å². The van der Waals surface area contributed by atoms with Gasteiger partial charge in [0.15, 0.2) is 5.88 Å². The zero-order valence-corrected chi connectivity index (χ0v) is 7.42. The summed E-state index contributed by atoms with van der Waals surface area (Å²) in [4.78, 5) is 4.06. The first kappa shape index (κ1) is 8.90. The summed E-state index contributed by atoms with van der Waals surface area (Å²) in [5.41, 5.74) is 0.832. The summed E-state index contributed by atoms with van der Waals surface area (Å²) in [6.45, 7) is 4.98. The fourth-order valence-corrected chi connectivity index (χ4v) is 0.793. The fourth-order valence-electron chi connectivity index (χ4n) is 0.793. The van der Waals surface area contributed by atoms with Gasteiger partial charge in [0, 0.05) is 5.57 Å². The molecule has 0 aliphatic carbocycles. The second-order valence-electron chi connectivity index (χ2n) is 2.72. The van der Waals surface area contributed by atoms with Crippen molar-refractivity contribution in [3.05, 3.63) is 11.5 Å². The molecule has 68 valence electrons. The lowest BCUT2D eigenvalue weighted by molar-refractivity contribution is 0.273. The number of aliphatic hydroxyl groups excluding tert-OH is 1. The van der Waals surface area contributed by atoms with Crippen molar-refractivity contribution in [2.45, 2.75) is 20.3 Å². The van der Waals surface area contributed by atoms with Gasteiger partial charge in [-0.1, -0.05) is 6.92 Å². The van der Waals surface area contributed by atoms with E-state index in [2.05, 4.69) is 10.3 Å². The monoisotopic (exact) mass is 170 g/mol. The molecule has 0 atom stereocenters. The third-order valence-electron chi connectivity index (χ3n) is 1.53. The molecule has 1 rings (SSSR count). The molecule has 12 heavy (non-hydrogen) atoms. The van der Waals surface area contributed by atoms with E-state index in [1.165, 1.54) is 0 Å². The quantitative estimate of drug-likeness (QED) is 0.654. The number of nitrogens with zero attached hydrogens (tertiary/aromatic N) is 1. The Bertz CT molecular complexity index is 221. The molecule has 0 spiro atoms. The first-order chi connectivity index (χ1) is 5.74. The molecule has 0 aromatic rings. The number of nitrogens with one attached hydrogen (secondary N) is 1. The van der Waals surface area contributed by atoms with Crippen molar-refractivity contribution in [3.8, 4) is 0 Å². The molecule has 1 aliphatic rings. The summed E-state index contributed by atoms with van der Waals surface area (Å²) < 4.78 is 5.20. The maximum Gasteiger partial charge on any atom is 0.291 e. The molecule has 1 aliphatic heterocycles. The maximum atomic E-state index is 9.26. The van der Waals surface area contributed by atoms with E-state index >= 15 is 0 Å². The number of hydrogen-bond donors (Lipinski definition) is 2. The number of aliphatic hydroxyl groups is 1. The topological polar surface area (TPSA) is 53.9 Å². The Morgan fingerprint density at radius 1 is 1.67 bits per heavy atom. The average Bonchev–Trinajstić information content (AvgIpc) is 2.07. The van der Waals surface area contributed by atoms with Crippen LogP contribution in [0.3, 0.4) is 0 Å². The van der Waals surface area contributed by atoms with Crippen molar-refractivity contribution >= 4 is 6.02 Å². The van der Waals surface area contributed by atoms with Crippen molar-refractivity contribution in [2.24, 2.45) is 4.99 Å². The van der Waals surface area contributed by atoms with Crippen LogP contribution in [0.25, 0.3) is 0 Å². The second-order valence-corrected chi connectivity index (χ2v) is 2.72. The van der Waals surface area contributed by atoms with E-state index in [1.807, 2.05) is 13.8 Å². The molecule has 0 saturated carbocycles. The Morgan fingerprint density at radius 2 is 2.42 bits per heavy atom. The zero-order chi connectivity index (χ0) is 8.97. The molecule has 1 heterocycles. The van der Waals surface area contributed by atoms with Gasteiger partial charge in [-0.3, -0.25) is 5.32 Å². The predicted octanol–water partition coefficient (Wildman–Crippen LogP) is 1.16. The van der Waals surface area contributed by atoms with Gasteiger partial charge in [0.05, 0.1) is 13.2 Å². The van der Waals surface area contributed by atoms with E-state index in [-0.39, 0.29) is 5.88 Å². The molecule has 0 radical (unpaired) electrons. The first-order valence-corrected chi connectivity index (χ1v) is 4.07. The van der Waals surface area contributed by atoms with Gasteiger partial charge in [-0.25, -0.2) is 4.99 Å². The molecule has 4 heteroatoms. The molecule has 0 saturated heterocycles. The van der Waals surface area contributed by atoms with Gasteiger partial charge in [-0.05, 0) is 13.3 Å². The summed E-state index contributed by atoms with van der Waals surface area (Å²) in [6.07, 6.45) is 0.935. The minimum absolute atomic E-state index is 0.163. The number of aliphatic imine (C=N–C) groups is 1. The summed E-state index contributed by atoms with van der Waals surface area (Å²) in [6, 6.07) is 0.417. The molecular weight excluding hydrogens is 156 g/mol. The van der Waals surface area contributed by atoms with Gasteiger partial charge in [0.25, 0.3) is 6.02 Å². The molecule has 0 aromatic heterocycles. The SMILES string of the molecule is CCCOC1=NCC(C)=C(O)N1. The molecule has 0 amide bonds. The minimum atomic E-state index is 0.163. The average molecular weight is 170 g/mol. The van der Waals surface area contributed by atoms with Crippen molar-refractivity contribution < 1.29 is 9.84 Å². The van der Waals surface area contributed by atoms with Gasteiger partial charge >= 0.3 is 0 Å². The van der Waals surface area contributed by atoms with Crippen LogP contribution in [0.4, 0.5) is 0 Å². The second kappa shape index (κ2) is 3.99. The standard InChI is InChI=1S/C8H14N2O2/c1-3-4-12-8-9-5-6(2)7(11)10-8/h11H,3-5H2,1-2H3,(H,9,10). The Kier molecular flexibility index (Phi) is 2.96. The highest BCUT2D eigenvalue weighted by atomic mass is 16.5. The van der Waals surface area contributed by atoms with Gasteiger partial charge in [-0.15, -0.1) is 0 Å². The van der Waals surface area contributed by atoms with E-state index in [4.69, 9.17) is 4.74 Å². The van der Waals surface area contributed by atoms with Crippen LogP contribution in [0.15, 0.2) is 16.4 Å². The first-order valence-electron chi connectivity index (χ1n) is 4.07.